The number of carbonyl (C=O) groups excluding carboxylic acids is 1. The van der Waals surface area contributed by atoms with E-state index in [4.69, 9.17) is 11.6 Å². The molecule has 2 rings (SSSR count). The zero-order valence-corrected chi connectivity index (χ0v) is 14.5. The summed E-state index contributed by atoms with van der Waals surface area (Å²) in [5.74, 6) is 0.106. The molecule has 1 saturated heterocycles. The van der Waals surface area contributed by atoms with Gasteiger partial charge in [-0.1, -0.05) is 37.6 Å². The largest absolute Gasteiger partial charge is 0.352 e. The molecule has 1 N–H and O–H groups in total. The van der Waals surface area contributed by atoms with Gasteiger partial charge in [0.2, 0.25) is 5.91 Å². The van der Waals surface area contributed by atoms with E-state index in [2.05, 4.69) is 5.32 Å². The third-order valence-corrected chi connectivity index (χ3v) is 6.63. The fourth-order valence-corrected chi connectivity index (χ4v) is 4.91. The average Bonchev–Trinajstić information content (AvgIpc) is 2.81. The van der Waals surface area contributed by atoms with Crippen molar-refractivity contribution >= 4 is 27.3 Å². The molecular formula is C16H22ClNO3S. The van der Waals surface area contributed by atoms with Crippen molar-refractivity contribution < 1.29 is 13.2 Å². The summed E-state index contributed by atoms with van der Waals surface area (Å²) in [6.45, 7) is 3.95. The van der Waals surface area contributed by atoms with Gasteiger partial charge in [-0.3, -0.25) is 4.79 Å². The molecule has 1 atom stereocenters. The van der Waals surface area contributed by atoms with Crippen molar-refractivity contribution in [1.29, 1.82) is 0 Å². The van der Waals surface area contributed by atoms with E-state index in [0.29, 0.717) is 24.3 Å². The van der Waals surface area contributed by atoms with Gasteiger partial charge in [-0.05, 0) is 37.0 Å². The number of hydrogen-bond donors (Lipinski definition) is 1. The van der Waals surface area contributed by atoms with E-state index in [-0.39, 0.29) is 23.5 Å². The van der Waals surface area contributed by atoms with E-state index in [1.165, 1.54) is 0 Å². The minimum Gasteiger partial charge on any atom is -0.352 e. The van der Waals surface area contributed by atoms with Gasteiger partial charge in [-0.15, -0.1) is 0 Å². The molecule has 1 amide bonds. The van der Waals surface area contributed by atoms with Crippen LogP contribution in [-0.2, 0) is 20.0 Å². The molecule has 0 aliphatic carbocycles. The molecule has 1 aliphatic heterocycles. The Morgan fingerprint density at radius 1 is 1.27 bits per heavy atom. The van der Waals surface area contributed by atoms with E-state index in [1.807, 2.05) is 26.0 Å². The lowest BCUT2D eigenvalue weighted by atomic mass is 9.75. The molecule has 1 fully saturated rings. The van der Waals surface area contributed by atoms with Gasteiger partial charge in [0.15, 0.2) is 9.84 Å². The second-order valence-electron chi connectivity index (χ2n) is 5.87. The molecule has 1 aromatic carbocycles. The molecule has 1 unspecified atom stereocenters. The van der Waals surface area contributed by atoms with E-state index >= 15 is 0 Å². The predicted octanol–water partition coefficient (Wildman–Crippen LogP) is 2.70. The summed E-state index contributed by atoms with van der Waals surface area (Å²) >= 11 is 5.93. The quantitative estimate of drug-likeness (QED) is 0.894. The van der Waals surface area contributed by atoms with Crippen molar-refractivity contribution in [3.8, 4) is 0 Å². The summed E-state index contributed by atoms with van der Waals surface area (Å²) in [4.78, 5) is 12.8. The third kappa shape index (κ3) is 3.46. The van der Waals surface area contributed by atoms with Crippen LogP contribution in [0.5, 0.6) is 0 Å². The number of halogens is 1. The van der Waals surface area contributed by atoms with Crippen LogP contribution in [0.3, 0.4) is 0 Å². The number of nitrogens with one attached hydrogen (secondary N) is 1. The summed E-state index contributed by atoms with van der Waals surface area (Å²) in [6.07, 6.45) is 1.80. The van der Waals surface area contributed by atoms with E-state index in [0.717, 1.165) is 5.56 Å². The van der Waals surface area contributed by atoms with Gasteiger partial charge in [-0.25, -0.2) is 8.42 Å². The fraction of sp³-hybridized carbons (Fsp3) is 0.562. The van der Waals surface area contributed by atoms with Crippen molar-refractivity contribution in [1.82, 2.24) is 5.32 Å². The van der Waals surface area contributed by atoms with Crippen LogP contribution in [0.4, 0.5) is 0 Å². The van der Waals surface area contributed by atoms with Crippen LogP contribution < -0.4 is 5.32 Å². The highest BCUT2D eigenvalue weighted by atomic mass is 35.5. The molecule has 0 saturated carbocycles. The predicted molar refractivity (Wildman–Crippen MR) is 88.9 cm³/mol. The highest BCUT2D eigenvalue weighted by molar-refractivity contribution is 7.91. The summed E-state index contributed by atoms with van der Waals surface area (Å²) in [6, 6.07) is 7.04. The van der Waals surface area contributed by atoms with Crippen LogP contribution in [0.25, 0.3) is 0 Å². The highest BCUT2D eigenvalue weighted by Crippen LogP contribution is 2.33. The zero-order valence-electron chi connectivity index (χ0n) is 12.9. The molecule has 6 heteroatoms. The van der Waals surface area contributed by atoms with Gasteiger partial charge in [0.05, 0.1) is 16.9 Å². The maximum absolute atomic E-state index is 12.8. The van der Waals surface area contributed by atoms with Crippen LogP contribution in [-0.4, -0.2) is 31.9 Å². The lowest BCUT2D eigenvalue weighted by Gasteiger charge is -2.32. The number of hydrogen-bond acceptors (Lipinski definition) is 3. The molecule has 1 aliphatic rings. The molecule has 0 spiro atoms. The first-order valence-electron chi connectivity index (χ1n) is 7.60. The summed E-state index contributed by atoms with van der Waals surface area (Å²) in [5, 5.41) is 3.57. The van der Waals surface area contributed by atoms with Crippen molar-refractivity contribution in [3.63, 3.8) is 0 Å². The summed E-state index contributed by atoms with van der Waals surface area (Å²) in [7, 11) is -3.00. The SMILES string of the molecule is CCC(CC)(C(=O)NC1CCS(=O)(=O)C1)c1ccc(Cl)cc1. The first-order chi connectivity index (χ1) is 10.3. The van der Waals surface area contributed by atoms with Crippen LogP contribution in [0.15, 0.2) is 24.3 Å². The number of carbonyl (C=O) groups is 1. The standard InChI is InChI=1S/C16H22ClNO3S/c1-3-16(4-2,12-5-7-13(17)8-6-12)15(19)18-14-9-10-22(20,21)11-14/h5-8,14H,3-4,9-11H2,1-2H3,(H,18,19). The lowest BCUT2D eigenvalue weighted by molar-refractivity contribution is -0.127. The molecule has 0 aromatic heterocycles. The van der Waals surface area contributed by atoms with Crippen molar-refractivity contribution in [2.45, 2.75) is 44.6 Å². The Morgan fingerprint density at radius 3 is 2.32 bits per heavy atom. The molecule has 0 bridgehead atoms. The molecule has 1 aromatic rings. The van der Waals surface area contributed by atoms with Gasteiger partial charge >= 0.3 is 0 Å². The minimum atomic E-state index is -3.00. The van der Waals surface area contributed by atoms with Crippen LogP contribution in [0.1, 0.15) is 38.7 Å². The monoisotopic (exact) mass is 343 g/mol. The van der Waals surface area contributed by atoms with Gasteiger partial charge in [0, 0.05) is 11.1 Å². The normalized spacial score (nSPS) is 20.8. The highest BCUT2D eigenvalue weighted by Gasteiger charge is 2.39. The van der Waals surface area contributed by atoms with Gasteiger partial charge in [0.1, 0.15) is 0 Å². The van der Waals surface area contributed by atoms with Crippen molar-refractivity contribution in [2.24, 2.45) is 0 Å². The number of benzene rings is 1. The topological polar surface area (TPSA) is 63.2 Å². The van der Waals surface area contributed by atoms with Crippen LogP contribution in [0, 0.1) is 0 Å². The molecule has 22 heavy (non-hydrogen) atoms. The minimum absolute atomic E-state index is 0.0445. The number of sulfone groups is 1. The van der Waals surface area contributed by atoms with Gasteiger partial charge in [0.25, 0.3) is 0 Å². The molecule has 1 heterocycles. The van der Waals surface area contributed by atoms with Crippen molar-refractivity contribution in [3.05, 3.63) is 34.9 Å². The van der Waals surface area contributed by atoms with Crippen LogP contribution in [0.2, 0.25) is 5.02 Å². The smallest absolute Gasteiger partial charge is 0.230 e. The van der Waals surface area contributed by atoms with E-state index in [1.54, 1.807) is 12.1 Å². The lowest BCUT2D eigenvalue weighted by Crippen LogP contribution is -2.48. The van der Waals surface area contributed by atoms with E-state index in [9.17, 15) is 13.2 Å². The summed E-state index contributed by atoms with van der Waals surface area (Å²) in [5.41, 5.74) is 0.275. The molecule has 0 radical (unpaired) electrons. The Bertz CT molecular complexity index is 636. The Kier molecular flexibility index (Phi) is 5.17. The third-order valence-electron chi connectivity index (χ3n) is 4.61. The van der Waals surface area contributed by atoms with Gasteiger partial charge < -0.3 is 5.32 Å². The average molecular weight is 344 g/mol. The molecule has 122 valence electrons. The second-order valence-corrected chi connectivity index (χ2v) is 8.53. The van der Waals surface area contributed by atoms with E-state index < -0.39 is 15.3 Å². The first kappa shape index (κ1) is 17.3. The Morgan fingerprint density at radius 2 is 1.86 bits per heavy atom. The maximum Gasteiger partial charge on any atom is 0.230 e. The second kappa shape index (κ2) is 6.59. The Balaban J connectivity index is 2.23. The fourth-order valence-electron chi connectivity index (χ4n) is 3.11. The van der Waals surface area contributed by atoms with Crippen molar-refractivity contribution in [2.75, 3.05) is 11.5 Å². The molecular weight excluding hydrogens is 322 g/mol. The van der Waals surface area contributed by atoms with Gasteiger partial charge in [-0.2, -0.15) is 0 Å². The Hall–Kier alpha value is -1.07. The number of rotatable bonds is 5. The molecule has 4 nitrogen and oxygen atoms in total. The van der Waals surface area contributed by atoms with Crippen LogP contribution >= 0.6 is 11.6 Å². The Labute approximate surface area is 137 Å². The first-order valence-corrected chi connectivity index (χ1v) is 9.80. The number of amides is 1. The zero-order chi connectivity index (χ0) is 16.4. The summed E-state index contributed by atoms with van der Waals surface area (Å²) < 4.78 is 23.1. The maximum atomic E-state index is 12.8.